The molecule has 0 bridgehead atoms. The maximum atomic E-state index is 14.0. The molecule has 2 aromatic carbocycles. The van der Waals surface area contributed by atoms with Gasteiger partial charge in [-0.1, -0.05) is 12.1 Å². The Kier molecular flexibility index (Phi) is 3.61. The summed E-state index contributed by atoms with van der Waals surface area (Å²) in [5.41, 5.74) is 4.59. The fourth-order valence-electron chi connectivity index (χ4n) is 3.44. The van der Waals surface area contributed by atoms with Crippen molar-refractivity contribution in [3.63, 3.8) is 0 Å². The molecule has 3 aromatic heterocycles. The number of hydrogen-bond acceptors (Lipinski definition) is 4. The molecular weight excluding hydrogens is 355 g/mol. The van der Waals surface area contributed by atoms with E-state index in [1.807, 2.05) is 52.7 Å². The van der Waals surface area contributed by atoms with E-state index in [-0.39, 0.29) is 5.82 Å². The number of para-hydroxylation sites is 2. The molecule has 0 fully saturated rings. The van der Waals surface area contributed by atoms with Crippen LogP contribution in [-0.4, -0.2) is 31.1 Å². The fourth-order valence-corrected chi connectivity index (χ4v) is 3.44. The summed E-state index contributed by atoms with van der Waals surface area (Å²) in [7, 11) is 3.64. The number of aryl methyl sites for hydroxylation is 1. The van der Waals surface area contributed by atoms with E-state index in [0.29, 0.717) is 11.6 Å². The third-order valence-corrected chi connectivity index (χ3v) is 4.89. The molecule has 0 radical (unpaired) electrons. The Morgan fingerprint density at radius 2 is 1.89 bits per heavy atom. The van der Waals surface area contributed by atoms with Gasteiger partial charge >= 0.3 is 0 Å². The first-order valence-electron chi connectivity index (χ1n) is 8.89. The van der Waals surface area contributed by atoms with Crippen molar-refractivity contribution >= 4 is 27.8 Å². The lowest BCUT2D eigenvalue weighted by molar-refractivity contribution is 0.631. The summed E-state index contributed by atoms with van der Waals surface area (Å²) in [4.78, 5) is 14.0. The monoisotopic (exact) mass is 372 g/mol. The summed E-state index contributed by atoms with van der Waals surface area (Å²) in [6.07, 6.45) is 3.67. The number of rotatable bonds is 3. The van der Waals surface area contributed by atoms with Gasteiger partial charge in [0.2, 0.25) is 5.95 Å². The number of nitrogens with zero attached hydrogens (tertiary/aromatic N) is 5. The van der Waals surface area contributed by atoms with Gasteiger partial charge in [-0.15, -0.1) is 0 Å². The number of fused-ring (bicyclic) bond motifs is 2. The molecule has 0 saturated carbocycles. The third-order valence-electron chi connectivity index (χ3n) is 4.89. The molecule has 0 amide bonds. The van der Waals surface area contributed by atoms with E-state index in [1.54, 1.807) is 25.5 Å². The molecule has 5 rings (SSSR count). The van der Waals surface area contributed by atoms with Crippen molar-refractivity contribution in [1.82, 2.24) is 24.1 Å². The number of aromatic nitrogens is 5. The second kappa shape index (κ2) is 6.16. The van der Waals surface area contributed by atoms with Crippen molar-refractivity contribution in [3.05, 3.63) is 66.9 Å². The highest BCUT2D eigenvalue weighted by molar-refractivity contribution is 5.92. The first-order valence-corrected chi connectivity index (χ1v) is 8.89. The molecule has 138 valence electrons. The van der Waals surface area contributed by atoms with Gasteiger partial charge in [-0.05, 0) is 36.4 Å². The number of benzene rings is 2. The Bertz CT molecular complexity index is 1330. The molecule has 0 aliphatic rings. The Labute approximate surface area is 160 Å². The van der Waals surface area contributed by atoms with Crippen molar-refractivity contribution in [2.24, 2.45) is 7.05 Å². The molecular formula is C21H17FN6. The smallest absolute Gasteiger partial charge is 0.238 e. The maximum absolute atomic E-state index is 14.0. The van der Waals surface area contributed by atoms with E-state index in [4.69, 9.17) is 9.97 Å². The molecule has 6 nitrogen and oxygen atoms in total. The molecule has 5 aromatic rings. The van der Waals surface area contributed by atoms with E-state index in [0.717, 1.165) is 33.3 Å². The van der Waals surface area contributed by atoms with E-state index in [2.05, 4.69) is 10.3 Å². The molecule has 0 aliphatic heterocycles. The van der Waals surface area contributed by atoms with Crippen LogP contribution in [0.15, 0.2) is 61.1 Å². The molecule has 3 heterocycles. The van der Waals surface area contributed by atoms with Crippen LogP contribution in [0.4, 0.5) is 10.1 Å². The van der Waals surface area contributed by atoms with E-state index < -0.39 is 0 Å². The topological polar surface area (TPSA) is 60.6 Å². The SMILES string of the molecule is CNc1cc(-c2nc(-n3cnc4ccccc43)nc3c2ccn3C)ccc1F. The predicted octanol–water partition coefficient (Wildman–Crippen LogP) is 4.16. The Balaban J connectivity index is 1.80. The van der Waals surface area contributed by atoms with Crippen molar-refractivity contribution < 1.29 is 4.39 Å². The average Bonchev–Trinajstić information content (AvgIpc) is 3.32. The summed E-state index contributed by atoms with van der Waals surface area (Å²) in [6, 6.07) is 14.8. The highest BCUT2D eigenvalue weighted by Crippen LogP contribution is 2.30. The Morgan fingerprint density at radius 3 is 2.75 bits per heavy atom. The van der Waals surface area contributed by atoms with Gasteiger partial charge in [-0.25, -0.2) is 14.4 Å². The van der Waals surface area contributed by atoms with Gasteiger partial charge in [0, 0.05) is 31.2 Å². The summed E-state index contributed by atoms with van der Waals surface area (Å²) in [6.45, 7) is 0. The minimum Gasteiger partial charge on any atom is -0.386 e. The Hall–Kier alpha value is -3.74. The number of nitrogens with one attached hydrogen (secondary N) is 1. The van der Waals surface area contributed by atoms with Crippen LogP contribution in [0.2, 0.25) is 0 Å². The average molecular weight is 372 g/mol. The number of imidazole rings is 1. The lowest BCUT2D eigenvalue weighted by Crippen LogP contribution is -2.04. The van der Waals surface area contributed by atoms with Gasteiger partial charge in [-0.2, -0.15) is 4.98 Å². The summed E-state index contributed by atoms with van der Waals surface area (Å²) >= 11 is 0. The Morgan fingerprint density at radius 1 is 1.04 bits per heavy atom. The van der Waals surface area contributed by atoms with E-state index in [1.165, 1.54) is 6.07 Å². The van der Waals surface area contributed by atoms with E-state index >= 15 is 0 Å². The molecule has 28 heavy (non-hydrogen) atoms. The molecule has 7 heteroatoms. The zero-order valence-electron chi connectivity index (χ0n) is 15.4. The van der Waals surface area contributed by atoms with Gasteiger partial charge < -0.3 is 9.88 Å². The van der Waals surface area contributed by atoms with Crippen molar-refractivity contribution in [1.29, 1.82) is 0 Å². The minimum atomic E-state index is -0.301. The van der Waals surface area contributed by atoms with Crippen LogP contribution in [0, 0.1) is 5.82 Å². The van der Waals surface area contributed by atoms with Gasteiger partial charge in [0.05, 0.1) is 22.4 Å². The first-order chi connectivity index (χ1) is 13.7. The second-order valence-corrected chi connectivity index (χ2v) is 6.58. The molecule has 0 aliphatic carbocycles. The largest absolute Gasteiger partial charge is 0.386 e. The van der Waals surface area contributed by atoms with Crippen molar-refractivity contribution in [3.8, 4) is 17.2 Å². The van der Waals surface area contributed by atoms with Gasteiger partial charge in [0.25, 0.3) is 0 Å². The van der Waals surface area contributed by atoms with E-state index in [9.17, 15) is 4.39 Å². The quantitative estimate of drug-likeness (QED) is 0.517. The number of halogens is 1. The normalized spacial score (nSPS) is 11.4. The van der Waals surface area contributed by atoms with Crippen LogP contribution in [-0.2, 0) is 7.05 Å². The summed E-state index contributed by atoms with van der Waals surface area (Å²) in [5, 5.41) is 3.79. The standard InChI is InChI=1S/C21H17FN6/c1-23-17-11-13(7-8-15(17)22)19-14-9-10-27(2)20(14)26-21(25-19)28-12-24-16-5-3-4-6-18(16)28/h3-12,23H,1-2H3. The molecule has 0 unspecified atom stereocenters. The van der Waals surface area contributed by atoms with Crippen LogP contribution in [0.1, 0.15) is 0 Å². The summed E-state index contributed by atoms with van der Waals surface area (Å²) in [5.74, 6) is 0.221. The first kappa shape index (κ1) is 16.4. The third kappa shape index (κ3) is 2.44. The molecule has 1 N–H and O–H groups in total. The number of hydrogen-bond donors (Lipinski definition) is 1. The lowest BCUT2D eigenvalue weighted by Gasteiger charge is -2.10. The van der Waals surface area contributed by atoms with Crippen LogP contribution in [0.3, 0.4) is 0 Å². The predicted molar refractivity (Wildman–Crippen MR) is 108 cm³/mol. The van der Waals surface area contributed by atoms with Crippen LogP contribution < -0.4 is 5.32 Å². The highest BCUT2D eigenvalue weighted by atomic mass is 19.1. The fraction of sp³-hybridized carbons (Fsp3) is 0.0952. The zero-order chi connectivity index (χ0) is 19.3. The van der Waals surface area contributed by atoms with Gasteiger partial charge in [-0.3, -0.25) is 4.57 Å². The van der Waals surface area contributed by atoms with Crippen molar-refractivity contribution in [2.45, 2.75) is 0 Å². The molecule has 0 spiro atoms. The zero-order valence-corrected chi connectivity index (χ0v) is 15.4. The molecule has 0 saturated heterocycles. The van der Waals surface area contributed by atoms with Crippen molar-refractivity contribution in [2.75, 3.05) is 12.4 Å². The van der Waals surface area contributed by atoms with Gasteiger partial charge in [0.15, 0.2) is 0 Å². The van der Waals surface area contributed by atoms with Crippen LogP contribution in [0.25, 0.3) is 39.3 Å². The number of anilines is 1. The second-order valence-electron chi connectivity index (χ2n) is 6.58. The van der Waals surface area contributed by atoms with Crippen LogP contribution >= 0.6 is 0 Å². The maximum Gasteiger partial charge on any atom is 0.238 e. The highest BCUT2D eigenvalue weighted by Gasteiger charge is 2.16. The minimum absolute atomic E-state index is 0.301. The summed E-state index contributed by atoms with van der Waals surface area (Å²) < 4.78 is 17.8. The van der Waals surface area contributed by atoms with Gasteiger partial charge in [0.1, 0.15) is 17.8 Å². The molecule has 0 atom stereocenters. The van der Waals surface area contributed by atoms with Crippen LogP contribution in [0.5, 0.6) is 0 Å². The lowest BCUT2D eigenvalue weighted by atomic mass is 10.1.